The Bertz CT molecular complexity index is 414. The van der Waals surface area contributed by atoms with Crippen LogP contribution in [0.15, 0.2) is 0 Å². The van der Waals surface area contributed by atoms with E-state index in [2.05, 4.69) is 11.8 Å². The van der Waals surface area contributed by atoms with Gasteiger partial charge in [0.05, 0.1) is 0 Å². The fraction of sp³-hybridized carbons (Fsp3) is 0.895. The molecule has 0 unspecified atom stereocenters. The van der Waals surface area contributed by atoms with Crippen LogP contribution in [0.1, 0.15) is 72.6 Å². The summed E-state index contributed by atoms with van der Waals surface area (Å²) in [5, 5.41) is 0. The van der Waals surface area contributed by atoms with E-state index in [1.165, 1.54) is 32.1 Å². The number of nitrogens with zero attached hydrogens (tertiary/aromatic N) is 2. The molecule has 1 aliphatic carbocycles. The molecule has 0 spiro atoms. The molecule has 1 heterocycles. The van der Waals surface area contributed by atoms with Crippen LogP contribution in [0.5, 0.6) is 0 Å². The molecule has 0 aromatic rings. The Kier molecular flexibility index (Phi) is 6.10. The van der Waals surface area contributed by atoms with E-state index in [0.717, 1.165) is 32.5 Å². The number of carbonyl (C=O) groups is 2. The standard InChI is InChI=1S/C19H34N2O2/c1-5-21(16-9-7-6-8-10-16)17(22)15-11-13-20(14-12-15)18(23)19(2,3)4/h15-16H,5-14H2,1-4H3. The third kappa shape index (κ3) is 4.48. The lowest BCUT2D eigenvalue weighted by atomic mass is 9.89. The van der Waals surface area contributed by atoms with Crippen molar-refractivity contribution in [2.75, 3.05) is 19.6 Å². The van der Waals surface area contributed by atoms with Crippen molar-refractivity contribution in [3.8, 4) is 0 Å². The maximum absolute atomic E-state index is 12.9. The Balaban J connectivity index is 1.90. The highest BCUT2D eigenvalue weighted by atomic mass is 16.2. The van der Waals surface area contributed by atoms with Crippen molar-refractivity contribution in [3.63, 3.8) is 0 Å². The van der Waals surface area contributed by atoms with Crippen LogP contribution in [0.25, 0.3) is 0 Å². The van der Waals surface area contributed by atoms with Crippen LogP contribution >= 0.6 is 0 Å². The predicted molar refractivity (Wildman–Crippen MR) is 93.0 cm³/mol. The van der Waals surface area contributed by atoms with Crippen molar-refractivity contribution in [2.45, 2.75) is 78.7 Å². The second-order valence-electron chi connectivity index (χ2n) is 8.23. The van der Waals surface area contributed by atoms with Gasteiger partial charge in [-0.2, -0.15) is 0 Å². The molecule has 0 radical (unpaired) electrons. The molecule has 1 aliphatic heterocycles. The van der Waals surface area contributed by atoms with Gasteiger partial charge < -0.3 is 9.80 Å². The summed E-state index contributed by atoms with van der Waals surface area (Å²) in [5.41, 5.74) is -0.325. The van der Waals surface area contributed by atoms with E-state index in [9.17, 15) is 9.59 Å². The SMILES string of the molecule is CCN(C(=O)C1CCN(C(=O)C(C)(C)C)CC1)C1CCCCC1. The maximum Gasteiger partial charge on any atom is 0.227 e. The molecule has 4 heteroatoms. The van der Waals surface area contributed by atoms with Crippen LogP contribution in [-0.2, 0) is 9.59 Å². The van der Waals surface area contributed by atoms with Gasteiger partial charge in [0.25, 0.3) is 0 Å². The molecule has 2 amide bonds. The molecule has 1 saturated carbocycles. The number of piperidine rings is 1. The number of hydrogen-bond acceptors (Lipinski definition) is 2. The van der Waals surface area contributed by atoms with Gasteiger partial charge >= 0.3 is 0 Å². The summed E-state index contributed by atoms with van der Waals surface area (Å²) in [7, 11) is 0. The topological polar surface area (TPSA) is 40.6 Å². The summed E-state index contributed by atoms with van der Waals surface area (Å²) in [6.45, 7) is 10.3. The first-order chi connectivity index (χ1) is 10.8. The molecule has 2 aliphatic rings. The quantitative estimate of drug-likeness (QED) is 0.798. The van der Waals surface area contributed by atoms with E-state index >= 15 is 0 Å². The summed E-state index contributed by atoms with van der Waals surface area (Å²) < 4.78 is 0. The molecule has 23 heavy (non-hydrogen) atoms. The van der Waals surface area contributed by atoms with E-state index in [0.29, 0.717) is 11.9 Å². The van der Waals surface area contributed by atoms with Gasteiger partial charge in [-0.05, 0) is 32.6 Å². The van der Waals surface area contributed by atoms with Crippen LogP contribution in [0.4, 0.5) is 0 Å². The number of hydrogen-bond donors (Lipinski definition) is 0. The van der Waals surface area contributed by atoms with Gasteiger partial charge in [-0.1, -0.05) is 40.0 Å². The normalized spacial score (nSPS) is 21.3. The molecule has 132 valence electrons. The summed E-state index contributed by atoms with van der Waals surface area (Å²) in [6.07, 6.45) is 7.81. The summed E-state index contributed by atoms with van der Waals surface area (Å²) in [4.78, 5) is 29.4. The highest BCUT2D eigenvalue weighted by Crippen LogP contribution is 2.28. The molecule has 0 aromatic heterocycles. The first kappa shape index (κ1) is 18.3. The van der Waals surface area contributed by atoms with Gasteiger partial charge in [0.15, 0.2) is 0 Å². The van der Waals surface area contributed by atoms with E-state index in [-0.39, 0.29) is 17.2 Å². The maximum atomic E-state index is 12.9. The van der Waals surface area contributed by atoms with Crippen LogP contribution in [0.3, 0.4) is 0 Å². The molecule has 0 bridgehead atoms. The zero-order chi connectivity index (χ0) is 17.0. The zero-order valence-corrected chi connectivity index (χ0v) is 15.4. The first-order valence-electron chi connectivity index (χ1n) is 9.44. The third-order valence-electron chi connectivity index (χ3n) is 5.41. The Morgan fingerprint density at radius 2 is 1.57 bits per heavy atom. The summed E-state index contributed by atoms with van der Waals surface area (Å²) in [5.74, 6) is 0.658. The summed E-state index contributed by atoms with van der Waals surface area (Å²) in [6, 6.07) is 0.454. The average molecular weight is 322 g/mol. The lowest BCUT2D eigenvalue weighted by molar-refractivity contribution is -0.146. The van der Waals surface area contributed by atoms with Crippen LogP contribution in [0.2, 0.25) is 0 Å². The van der Waals surface area contributed by atoms with Crippen LogP contribution < -0.4 is 0 Å². The Labute approximate surface area is 141 Å². The van der Waals surface area contributed by atoms with Crippen molar-refractivity contribution >= 4 is 11.8 Å². The Morgan fingerprint density at radius 3 is 2.04 bits per heavy atom. The molecule has 2 rings (SSSR count). The van der Waals surface area contributed by atoms with Gasteiger partial charge in [0.1, 0.15) is 0 Å². The van der Waals surface area contributed by atoms with Crippen molar-refractivity contribution in [1.82, 2.24) is 9.80 Å². The minimum absolute atomic E-state index is 0.112. The number of carbonyl (C=O) groups excluding carboxylic acids is 2. The van der Waals surface area contributed by atoms with Gasteiger partial charge in [-0.25, -0.2) is 0 Å². The lowest BCUT2D eigenvalue weighted by Gasteiger charge is -2.39. The molecule has 0 atom stereocenters. The van der Waals surface area contributed by atoms with Crippen LogP contribution in [-0.4, -0.2) is 47.3 Å². The monoisotopic (exact) mass is 322 g/mol. The fourth-order valence-corrected chi connectivity index (χ4v) is 4.03. The van der Waals surface area contributed by atoms with Gasteiger partial charge in [-0.15, -0.1) is 0 Å². The first-order valence-corrected chi connectivity index (χ1v) is 9.44. The molecular weight excluding hydrogens is 288 g/mol. The Hall–Kier alpha value is -1.06. The molecule has 1 saturated heterocycles. The van der Waals surface area contributed by atoms with Crippen molar-refractivity contribution in [1.29, 1.82) is 0 Å². The molecule has 2 fully saturated rings. The van der Waals surface area contributed by atoms with E-state index in [4.69, 9.17) is 0 Å². The third-order valence-corrected chi connectivity index (χ3v) is 5.41. The van der Waals surface area contributed by atoms with Gasteiger partial charge in [0.2, 0.25) is 11.8 Å². The van der Waals surface area contributed by atoms with Crippen molar-refractivity contribution in [3.05, 3.63) is 0 Å². The largest absolute Gasteiger partial charge is 0.342 e. The second-order valence-corrected chi connectivity index (χ2v) is 8.23. The second kappa shape index (κ2) is 7.67. The molecule has 4 nitrogen and oxygen atoms in total. The highest BCUT2D eigenvalue weighted by molar-refractivity contribution is 5.83. The smallest absolute Gasteiger partial charge is 0.227 e. The van der Waals surface area contributed by atoms with Gasteiger partial charge in [-0.3, -0.25) is 9.59 Å². The number of rotatable bonds is 3. The molecule has 0 N–H and O–H groups in total. The lowest BCUT2D eigenvalue weighted by Crippen LogP contribution is -2.49. The predicted octanol–water partition coefficient (Wildman–Crippen LogP) is 3.45. The van der Waals surface area contributed by atoms with E-state index < -0.39 is 0 Å². The van der Waals surface area contributed by atoms with E-state index in [1.54, 1.807) is 0 Å². The highest BCUT2D eigenvalue weighted by Gasteiger charge is 2.35. The minimum Gasteiger partial charge on any atom is -0.342 e. The number of likely N-dealkylation sites (tertiary alicyclic amines) is 1. The molecule has 0 aromatic carbocycles. The van der Waals surface area contributed by atoms with Crippen molar-refractivity contribution < 1.29 is 9.59 Å². The number of amides is 2. The van der Waals surface area contributed by atoms with Crippen LogP contribution in [0, 0.1) is 11.3 Å². The molecular formula is C19H34N2O2. The zero-order valence-electron chi connectivity index (χ0n) is 15.4. The van der Waals surface area contributed by atoms with Crippen molar-refractivity contribution in [2.24, 2.45) is 11.3 Å². The van der Waals surface area contributed by atoms with E-state index in [1.807, 2.05) is 25.7 Å². The average Bonchev–Trinajstić information content (AvgIpc) is 2.55. The summed E-state index contributed by atoms with van der Waals surface area (Å²) >= 11 is 0. The fourth-order valence-electron chi connectivity index (χ4n) is 4.03. The minimum atomic E-state index is -0.325. The Morgan fingerprint density at radius 1 is 1.00 bits per heavy atom. The van der Waals surface area contributed by atoms with Gasteiger partial charge in [0, 0.05) is 37.0 Å².